The summed E-state index contributed by atoms with van der Waals surface area (Å²) in [6, 6.07) is 15.3. The summed E-state index contributed by atoms with van der Waals surface area (Å²) >= 11 is 0. The van der Waals surface area contributed by atoms with Crippen LogP contribution in [0.4, 0.5) is 4.79 Å². The van der Waals surface area contributed by atoms with E-state index in [1.165, 1.54) is 12.2 Å². The Balaban J connectivity index is 1.73. The molecule has 2 aromatic carbocycles. The van der Waals surface area contributed by atoms with Gasteiger partial charge in [0.15, 0.2) is 0 Å². The van der Waals surface area contributed by atoms with Gasteiger partial charge in [-0.05, 0) is 29.8 Å². The molecule has 0 atom stereocenters. The Morgan fingerprint density at radius 2 is 1.83 bits per heavy atom. The predicted molar refractivity (Wildman–Crippen MR) is 105 cm³/mol. The van der Waals surface area contributed by atoms with E-state index >= 15 is 0 Å². The van der Waals surface area contributed by atoms with Crippen LogP contribution in [-0.4, -0.2) is 29.3 Å². The predicted octanol–water partition coefficient (Wildman–Crippen LogP) is 2.79. The number of imide groups is 2. The van der Waals surface area contributed by atoms with Gasteiger partial charge in [-0.15, -0.1) is 6.58 Å². The Morgan fingerprint density at radius 1 is 1.10 bits per heavy atom. The molecule has 1 heterocycles. The maximum atomic E-state index is 12.4. The van der Waals surface area contributed by atoms with E-state index in [4.69, 9.17) is 10.00 Å². The Labute approximate surface area is 167 Å². The van der Waals surface area contributed by atoms with Crippen LogP contribution < -0.4 is 10.1 Å². The van der Waals surface area contributed by atoms with Crippen molar-refractivity contribution in [2.24, 2.45) is 0 Å². The van der Waals surface area contributed by atoms with E-state index in [9.17, 15) is 14.4 Å². The van der Waals surface area contributed by atoms with E-state index in [0.29, 0.717) is 16.9 Å². The summed E-state index contributed by atoms with van der Waals surface area (Å²) in [5, 5.41) is 11.3. The van der Waals surface area contributed by atoms with Crippen molar-refractivity contribution in [2.75, 3.05) is 6.54 Å². The third kappa shape index (κ3) is 4.39. The molecule has 3 rings (SSSR count). The lowest BCUT2D eigenvalue weighted by atomic mass is 10.1. The van der Waals surface area contributed by atoms with Gasteiger partial charge in [-0.25, -0.2) is 4.79 Å². The number of ether oxygens (including phenoxy) is 1. The second-order valence-corrected chi connectivity index (χ2v) is 6.15. The third-order valence-electron chi connectivity index (χ3n) is 4.22. The first-order valence-electron chi connectivity index (χ1n) is 8.74. The molecule has 1 fully saturated rings. The van der Waals surface area contributed by atoms with Gasteiger partial charge in [0, 0.05) is 12.1 Å². The van der Waals surface area contributed by atoms with E-state index in [-0.39, 0.29) is 18.7 Å². The van der Waals surface area contributed by atoms with Crippen LogP contribution in [0.15, 0.2) is 66.8 Å². The van der Waals surface area contributed by atoms with Gasteiger partial charge >= 0.3 is 6.03 Å². The number of hydrogen-bond acceptors (Lipinski definition) is 5. The highest BCUT2D eigenvalue weighted by molar-refractivity contribution is 6.31. The second-order valence-electron chi connectivity index (χ2n) is 6.15. The summed E-state index contributed by atoms with van der Waals surface area (Å²) in [5.74, 6) is -0.844. The Bertz CT molecular complexity index is 1050. The quantitative estimate of drug-likeness (QED) is 0.467. The maximum absolute atomic E-state index is 12.4. The number of nitrogens with one attached hydrogen (secondary N) is 1. The number of urea groups is 1. The summed E-state index contributed by atoms with van der Waals surface area (Å²) in [6.45, 7) is 3.75. The van der Waals surface area contributed by atoms with Crippen molar-refractivity contribution in [3.05, 3.63) is 83.4 Å². The van der Waals surface area contributed by atoms with Crippen LogP contribution in [0.5, 0.6) is 5.75 Å². The third-order valence-corrected chi connectivity index (χ3v) is 4.22. The lowest BCUT2D eigenvalue weighted by Crippen LogP contribution is -2.54. The Hall–Kier alpha value is -4.18. The number of carbonyl (C=O) groups excluding carboxylic acids is 3. The van der Waals surface area contributed by atoms with Crippen molar-refractivity contribution in [1.82, 2.24) is 10.2 Å². The molecule has 7 nitrogen and oxygen atoms in total. The van der Waals surface area contributed by atoms with Crippen LogP contribution in [0.2, 0.25) is 0 Å². The van der Waals surface area contributed by atoms with Gasteiger partial charge < -0.3 is 4.74 Å². The van der Waals surface area contributed by atoms with Crippen molar-refractivity contribution < 1.29 is 19.1 Å². The number of barbiturate groups is 1. The topological polar surface area (TPSA) is 99.5 Å². The number of carbonyl (C=O) groups is 3. The highest BCUT2D eigenvalue weighted by atomic mass is 16.5. The molecule has 1 aliphatic heterocycles. The molecule has 0 saturated carbocycles. The van der Waals surface area contributed by atoms with Gasteiger partial charge in [-0.2, -0.15) is 5.26 Å². The maximum Gasteiger partial charge on any atom is 0.331 e. The van der Waals surface area contributed by atoms with Gasteiger partial charge in [-0.3, -0.25) is 19.8 Å². The second kappa shape index (κ2) is 8.67. The van der Waals surface area contributed by atoms with Crippen molar-refractivity contribution in [1.29, 1.82) is 5.26 Å². The number of benzene rings is 2. The molecule has 144 valence electrons. The van der Waals surface area contributed by atoms with E-state index in [1.54, 1.807) is 36.4 Å². The van der Waals surface area contributed by atoms with E-state index in [2.05, 4.69) is 18.0 Å². The molecule has 0 radical (unpaired) electrons. The van der Waals surface area contributed by atoms with Gasteiger partial charge in [-0.1, -0.05) is 36.4 Å². The van der Waals surface area contributed by atoms with Gasteiger partial charge in [0.1, 0.15) is 17.9 Å². The summed E-state index contributed by atoms with van der Waals surface area (Å²) in [6.07, 6.45) is 2.82. The van der Waals surface area contributed by atoms with Crippen LogP contribution >= 0.6 is 0 Å². The van der Waals surface area contributed by atoms with E-state index in [1.807, 2.05) is 12.1 Å². The number of amides is 4. The molecule has 4 amide bonds. The minimum atomic E-state index is -0.765. The molecule has 1 N–H and O–H groups in total. The largest absolute Gasteiger partial charge is 0.489 e. The first-order chi connectivity index (χ1) is 14.0. The molecule has 1 aliphatic rings. The SMILES string of the molecule is C=CCN1C(=O)NC(=O)/C(=C/c2ccc(OCc3ccccc3C#N)cc2)C1=O. The molecule has 7 heteroatoms. The molecule has 0 bridgehead atoms. The minimum absolute atomic E-state index is 0.00619. The molecule has 0 spiro atoms. The molecular formula is C22H17N3O4. The van der Waals surface area contributed by atoms with Crippen LogP contribution in [0.25, 0.3) is 6.08 Å². The van der Waals surface area contributed by atoms with E-state index in [0.717, 1.165) is 10.5 Å². The average molecular weight is 387 g/mol. The number of hydrogen-bond donors (Lipinski definition) is 1. The molecule has 29 heavy (non-hydrogen) atoms. The van der Waals surface area contributed by atoms with Crippen molar-refractivity contribution >= 4 is 23.9 Å². The van der Waals surface area contributed by atoms with E-state index < -0.39 is 17.8 Å². The van der Waals surface area contributed by atoms with Crippen molar-refractivity contribution in [3.63, 3.8) is 0 Å². The summed E-state index contributed by atoms with van der Waals surface area (Å²) in [5.41, 5.74) is 1.79. The monoisotopic (exact) mass is 387 g/mol. The molecule has 0 unspecified atom stereocenters. The smallest absolute Gasteiger partial charge is 0.331 e. The first-order valence-corrected chi connectivity index (χ1v) is 8.74. The zero-order valence-electron chi connectivity index (χ0n) is 15.4. The van der Waals surface area contributed by atoms with Crippen molar-refractivity contribution in [3.8, 4) is 11.8 Å². The fraction of sp³-hybridized carbons (Fsp3) is 0.0909. The zero-order valence-corrected chi connectivity index (χ0v) is 15.4. The summed E-state index contributed by atoms with van der Waals surface area (Å²) in [4.78, 5) is 37.1. The molecule has 2 aromatic rings. The lowest BCUT2D eigenvalue weighted by molar-refractivity contribution is -0.129. The molecule has 1 saturated heterocycles. The van der Waals surface area contributed by atoms with Gasteiger partial charge in [0.25, 0.3) is 11.8 Å². The summed E-state index contributed by atoms with van der Waals surface area (Å²) < 4.78 is 5.70. The zero-order chi connectivity index (χ0) is 20.8. The Morgan fingerprint density at radius 3 is 2.52 bits per heavy atom. The number of nitrogens with zero attached hydrogens (tertiary/aromatic N) is 2. The molecule has 0 aliphatic carbocycles. The molecular weight excluding hydrogens is 370 g/mol. The Kier molecular flexibility index (Phi) is 5.85. The van der Waals surface area contributed by atoms with Crippen LogP contribution in [0.1, 0.15) is 16.7 Å². The fourth-order valence-electron chi connectivity index (χ4n) is 2.73. The number of rotatable bonds is 6. The highest BCUT2D eigenvalue weighted by Crippen LogP contribution is 2.19. The lowest BCUT2D eigenvalue weighted by Gasteiger charge is -2.25. The van der Waals surface area contributed by atoms with Crippen LogP contribution in [0.3, 0.4) is 0 Å². The van der Waals surface area contributed by atoms with Gasteiger partial charge in [0.05, 0.1) is 11.6 Å². The standard InChI is InChI=1S/C22H17N3O4/c1-2-11-25-21(27)19(20(26)24-22(25)28)12-15-7-9-18(10-8-15)29-14-17-6-4-3-5-16(17)13-23/h2-10,12H,1,11,14H2,(H,24,26,28)/b19-12-. The highest BCUT2D eigenvalue weighted by Gasteiger charge is 2.34. The van der Waals surface area contributed by atoms with Crippen molar-refractivity contribution in [2.45, 2.75) is 6.61 Å². The van der Waals surface area contributed by atoms with Crippen LogP contribution in [0, 0.1) is 11.3 Å². The first kappa shape index (κ1) is 19.6. The molecule has 0 aromatic heterocycles. The fourth-order valence-corrected chi connectivity index (χ4v) is 2.73. The average Bonchev–Trinajstić information content (AvgIpc) is 2.73. The van der Waals surface area contributed by atoms with Gasteiger partial charge in [0.2, 0.25) is 0 Å². The summed E-state index contributed by atoms with van der Waals surface area (Å²) in [7, 11) is 0. The number of nitriles is 1. The minimum Gasteiger partial charge on any atom is -0.489 e. The van der Waals surface area contributed by atoms with Crippen LogP contribution in [-0.2, 0) is 16.2 Å². The normalized spacial score (nSPS) is 15.1.